The number of hydrogen-bond acceptors (Lipinski definition) is 4. The van der Waals surface area contributed by atoms with E-state index in [0.717, 1.165) is 0 Å². The van der Waals surface area contributed by atoms with Gasteiger partial charge in [-0.1, -0.05) is 23.2 Å². The van der Waals surface area contributed by atoms with Gasteiger partial charge in [0.05, 0.1) is 13.2 Å². The van der Waals surface area contributed by atoms with Crippen LogP contribution < -0.4 is 5.32 Å². The van der Waals surface area contributed by atoms with Gasteiger partial charge in [0.2, 0.25) is 11.8 Å². The fourth-order valence-corrected chi connectivity index (χ4v) is 3.49. The number of rotatable bonds is 3. The van der Waals surface area contributed by atoms with Gasteiger partial charge < -0.3 is 19.7 Å². The van der Waals surface area contributed by atoms with Crippen molar-refractivity contribution in [3.05, 3.63) is 28.2 Å². The molecule has 1 spiro atoms. The van der Waals surface area contributed by atoms with E-state index in [0.29, 0.717) is 54.9 Å². The van der Waals surface area contributed by atoms with Crippen molar-refractivity contribution in [1.82, 2.24) is 4.90 Å². The molecule has 0 aliphatic carbocycles. The molecule has 0 unspecified atom stereocenters. The van der Waals surface area contributed by atoms with Crippen molar-refractivity contribution >= 4 is 40.7 Å². The van der Waals surface area contributed by atoms with Crippen LogP contribution in [0.4, 0.5) is 5.69 Å². The average molecular weight is 373 g/mol. The van der Waals surface area contributed by atoms with Crippen LogP contribution in [0.1, 0.15) is 19.3 Å². The Morgan fingerprint density at radius 3 is 2.25 bits per heavy atom. The van der Waals surface area contributed by atoms with Crippen LogP contribution in [0.5, 0.6) is 0 Å². The molecule has 2 fully saturated rings. The predicted molar refractivity (Wildman–Crippen MR) is 90.2 cm³/mol. The molecule has 2 aliphatic rings. The molecular formula is C16H18Cl2N2O4. The number of benzene rings is 1. The summed E-state index contributed by atoms with van der Waals surface area (Å²) < 4.78 is 11.3. The molecule has 0 atom stereocenters. The summed E-state index contributed by atoms with van der Waals surface area (Å²) in [4.78, 5) is 26.0. The highest BCUT2D eigenvalue weighted by atomic mass is 35.5. The molecule has 0 bridgehead atoms. The van der Waals surface area contributed by atoms with E-state index in [2.05, 4.69) is 5.32 Å². The lowest BCUT2D eigenvalue weighted by molar-refractivity contribution is -0.187. The zero-order valence-corrected chi connectivity index (χ0v) is 14.5. The Bertz CT molecular complexity index is 617. The van der Waals surface area contributed by atoms with Gasteiger partial charge in [0.15, 0.2) is 5.79 Å². The Morgan fingerprint density at radius 2 is 1.67 bits per heavy atom. The summed E-state index contributed by atoms with van der Waals surface area (Å²) in [6.45, 7) is 2.24. The zero-order chi connectivity index (χ0) is 17.2. The predicted octanol–water partition coefficient (Wildman–Crippen LogP) is 2.69. The summed E-state index contributed by atoms with van der Waals surface area (Å²) in [5, 5.41) is 3.47. The number of amides is 2. The van der Waals surface area contributed by atoms with Gasteiger partial charge in [0.1, 0.15) is 6.42 Å². The second-order valence-electron chi connectivity index (χ2n) is 5.87. The SMILES string of the molecule is O=C(CC(=O)N1CCC2(CC1)OCCO2)Nc1cc(Cl)cc(Cl)c1. The largest absolute Gasteiger partial charge is 0.347 e. The molecule has 3 rings (SSSR count). The molecule has 8 heteroatoms. The van der Waals surface area contributed by atoms with Crippen LogP contribution in [0.25, 0.3) is 0 Å². The molecule has 0 saturated carbocycles. The number of carbonyl (C=O) groups excluding carboxylic acids is 2. The van der Waals surface area contributed by atoms with E-state index in [9.17, 15) is 9.59 Å². The molecule has 1 aromatic rings. The van der Waals surface area contributed by atoms with Crippen molar-refractivity contribution in [3.63, 3.8) is 0 Å². The van der Waals surface area contributed by atoms with Crippen LogP contribution >= 0.6 is 23.2 Å². The number of anilines is 1. The third-order valence-electron chi connectivity index (χ3n) is 4.15. The maximum Gasteiger partial charge on any atom is 0.233 e. The van der Waals surface area contributed by atoms with E-state index in [1.165, 1.54) is 0 Å². The minimum absolute atomic E-state index is 0.214. The first-order chi connectivity index (χ1) is 11.5. The van der Waals surface area contributed by atoms with Gasteiger partial charge in [0.25, 0.3) is 0 Å². The minimum atomic E-state index is -0.531. The lowest BCUT2D eigenvalue weighted by Crippen LogP contribution is -2.47. The second kappa shape index (κ2) is 7.27. The molecule has 2 aliphatic heterocycles. The van der Waals surface area contributed by atoms with Crippen LogP contribution in [0, 0.1) is 0 Å². The molecular weight excluding hydrogens is 355 g/mol. The van der Waals surface area contributed by atoms with Crippen LogP contribution in [0.2, 0.25) is 10.0 Å². The van der Waals surface area contributed by atoms with Gasteiger partial charge >= 0.3 is 0 Å². The normalized spacial score (nSPS) is 19.5. The standard InChI is InChI=1S/C16H18Cl2N2O4/c17-11-7-12(18)9-13(8-11)19-14(21)10-15(22)20-3-1-16(2-4-20)23-5-6-24-16/h7-9H,1-6,10H2,(H,19,21). The van der Waals surface area contributed by atoms with E-state index in [-0.39, 0.29) is 12.3 Å². The lowest BCUT2D eigenvalue weighted by Gasteiger charge is -2.37. The lowest BCUT2D eigenvalue weighted by atomic mass is 10.0. The number of nitrogens with zero attached hydrogens (tertiary/aromatic N) is 1. The van der Waals surface area contributed by atoms with Crippen molar-refractivity contribution < 1.29 is 19.1 Å². The summed E-state index contributed by atoms with van der Waals surface area (Å²) in [5.41, 5.74) is 0.468. The smallest absolute Gasteiger partial charge is 0.233 e. The molecule has 0 aromatic heterocycles. The zero-order valence-electron chi connectivity index (χ0n) is 13.0. The van der Waals surface area contributed by atoms with E-state index >= 15 is 0 Å². The van der Waals surface area contributed by atoms with Crippen molar-refractivity contribution in [2.24, 2.45) is 0 Å². The number of carbonyl (C=O) groups is 2. The highest BCUT2D eigenvalue weighted by Gasteiger charge is 2.40. The summed E-state index contributed by atoms with van der Waals surface area (Å²) in [5.74, 6) is -1.14. The highest BCUT2D eigenvalue weighted by molar-refractivity contribution is 6.35. The number of likely N-dealkylation sites (tertiary alicyclic amines) is 1. The van der Waals surface area contributed by atoms with Gasteiger partial charge in [-0.05, 0) is 18.2 Å². The molecule has 1 N–H and O–H groups in total. The first kappa shape index (κ1) is 17.5. The van der Waals surface area contributed by atoms with Crippen molar-refractivity contribution in [2.45, 2.75) is 25.0 Å². The first-order valence-corrected chi connectivity index (χ1v) is 8.53. The number of halogens is 2. The van der Waals surface area contributed by atoms with Gasteiger partial charge in [0, 0.05) is 41.7 Å². The third-order valence-corrected chi connectivity index (χ3v) is 4.59. The summed E-state index contributed by atoms with van der Waals surface area (Å²) >= 11 is 11.8. The van der Waals surface area contributed by atoms with Crippen LogP contribution in [0.15, 0.2) is 18.2 Å². The van der Waals surface area contributed by atoms with E-state index < -0.39 is 11.7 Å². The highest BCUT2D eigenvalue weighted by Crippen LogP contribution is 2.31. The minimum Gasteiger partial charge on any atom is -0.347 e. The molecule has 1 aromatic carbocycles. The van der Waals surface area contributed by atoms with Gasteiger partial charge in [-0.25, -0.2) is 0 Å². The van der Waals surface area contributed by atoms with Crippen molar-refractivity contribution in [2.75, 3.05) is 31.6 Å². The van der Waals surface area contributed by atoms with E-state index in [1.54, 1.807) is 23.1 Å². The Kier molecular flexibility index (Phi) is 5.30. The Morgan fingerprint density at radius 1 is 1.08 bits per heavy atom. The third kappa shape index (κ3) is 4.19. The van der Waals surface area contributed by atoms with Crippen molar-refractivity contribution in [1.29, 1.82) is 0 Å². The van der Waals surface area contributed by atoms with Crippen LogP contribution in [-0.2, 0) is 19.1 Å². The van der Waals surface area contributed by atoms with E-state index in [1.807, 2.05) is 0 Å². The van der Waals surface area contributed by atoms with Crippen molar-refractivity contribution in [3.8, 4) is 0 Å². The van der Waals surface area contributed by atoms with Gasteiger partial charge in [-0.3, -0.25) is 9.59 Å². The fourth-order valence-electron chi connectivity index (χ4n) is 2.96. The monoisotopic (exact) mass is 372 g/mol. The van der Waals surface area contributed by atoms with Gasteiger partial charge in [-0.15, -0.1) is 0 Å². The molecule has 2 amide bonds. The van der Waals surface area contributed by atoms with Crippen LogP contribution in [0.3, 0.4) is 0 Å². The Balaban J connectivity index is 1.50. The summed E-state index contributed by atoms with van der Waals surface area (Å²) in [6, 6.07) is 4.73. The second-order valence-corrected chi connectivity index (χ2v) is 6.74. The fraction of sp³-hybridized carbons (Fsp3) is 0.500. The maximum absolute atomic E-state index is 12.3. The molecule has 2 heterocycles. The molecule has 0 radical (unpaired) electrons. The molecule has 130 valence electrons. The number of nitrogens with one attached hydrogen (secondary N) is 1. The Hall–Kier alpha value is -1.34. The Labute approximate surface area is 150 Å². The number of hydrogen-bond donors (Lipinski definition) is 1. The van der Waals surface area contributed by atoms with E-state index in [4.69, 9.17) is 32.7 Å². The van der Waals surface area contributed by atoms with Gasteiger partial charge in [-0.2, -0.15) is 0 Å². The summed E-state index contributed by atoms with van der Waals surface area (Å²) in [7, 11) is 0. The topological polar surface area (TPSA) is 67.9 Å². The molecule has 24 heavy (non-hydrogen) atoms. The quantitative estimate of drug-likeness (QED) is 0.828. The summed E-state index contributed by atoms with van der Waals surface area (Å²) in [6.07, 6.45) is 1.04. The molecule has 6 nitrogen and oxygen atoms in total. The number of piperidine rings is 1. The van der Waals surface area contributed by atoms with Crippen LogP contribution in [-0.4, -0.2) is 48.8 Å². The maximum atomic E-state index is 12.3. The first-order valence-electron chi connectivity index (χ1n) is 7.77. The average Bonchev–Trinajstić information content (AvgIpc) is 2.94. The molecule has 2 saturated heterocycles. The number of ether oxygens (including phenoxy) is 2.